The van der Waals surface area contributed by atoms with Crippen LogP contribution in [0.5, 0.6) is 0 Å². The number of ketones is 1. The lowest BCUT2D eigenvalue weighted by Gasteiger charge is -2.18. The van der Waals surface area contributed by atoms with E-state index in [1.807, 2.05) is 24.3 Å². The van der Waals surface area contributed by atoms with Crippen LogP contribution in [-0.4, -0.2) is 5.78 Å². The molecule has 0 aromatic heterocycles. The molecule has 0 saturated carbocycles. The molecule has 0 heterocycles. The summed E-state index contributed by atoms with van der Waals surface area (Å²) >= 11 is 3.62. The molecule has 1 atom stereocenters. The summed E-state index contributed by atoms with van der Waals surface area (Å²) in [6.07, 6.45) is 0. The first-order valence-corrected chi connectivity index (χ1v) is 8.16. The lowest BCUT2D eigenvalue weighted by molar-refractivity contribution is 0.101. The third kappa shape index (κ3) is 2.59. The number of fused-ring (bicyclic) bond motifs is 1. The zero-order valence-corrected chi connectivity index (χ0v) is 14.2. The third-order valence-electron chi connectivity index (χ3n) is 4.18. The van der Waals surface area contributed by atoms with Crippen molar-refractivity contribution in [3.8, 4) is 0 Å². The normalized spacial score (nSPS) is 12.3. The first-order chi connectivity index (χ1) is 10.6. The molecule has 1 nitrogen and oxygen atoms in total. The van der Waals surface area contributed by atoms with Crippen LogP contribution in [0.4, 0.5) is 0 Å². The van der Waals surface area contributed by atoms with Gasteiger partial charge in [-0.15, -0.1) is 0 Å². The average Bonchev–Trinajstić information content (AvgIpc) is 2.55. The van der Waals surface area contributed by atoms with Crippen LogP contribution in [0.3, 0.4) is 0 Å². The molecule has 0 amide bonds. The molecule has 1 unspecified atom stereocenters. The monoisotopic (exact) mass is 352 g/mol. The summed E-state index contributed by atoms with van der Waals surface area (Å²) in [7, 11) is 0. The maximum atomic E-state index is 11.9. The van der Waals surface area contributed by atoms with Crippen molar-refractivity contribution < 1.29 is 4.79 Å². The number of hydrogen-bond donors (Lipinski definition) is 0. The second kappa shape index (κ2) is 6.05. The zero-order valence-electron chi connectivity index (χ0n) is 12.6. The van der Waals surface area contributed by atoms with Crippen LogP contribution >= 0.6 is 15.9 Å². The standard InChI is InChI=1S/C20H17BrO/c1-13(15-7-3-4-8-17(15)14(2)22)16-11-12-20(21)19-10-6-5-9-18(16)19/h3-13H,1-2H3. The fourth-order valence-corrected chi connectivity index (χ4v) is 3.50. The largest absolute Gasteiger partial charge is 0.295 e. The van der Waals surface area contributed by atoms with Gasteiger partial charge in [0.15, 0.2) is 5.78 Å². The maximum Gasteiger partial charge on any atom is 0.160 e. The van der Waals surface area contributed by atoms with Crippen LogP contribution in [-0.2, 0) is 0 Å². The van der Waals surface area contributed by atoms with Crippen molar-refractivity contribution in [3.05, 3.63) is 81.8 Å². The molecule has 0 aliphatic heterocycles. The first kappa shape index (κ1) is 15.0. The fraction of sp³-hybridized carbons (Fsp3) is 0.150. The molecule has 0 saturated heterocycles. The molecule has 0 radical (unpaired) electrons. The van der Waals surface area contributed by atoms with Gasteiger partial charge in [0.05, 0.1) is 0 Å². The molecule has 22 heavy (non-hydrogen) atoms. The van der Waals surface area contributed by atoms with Crippen molar-refractivity contribution in [2.24, 2.45) is 0 Å². The molecule has 0 N–H and O–H groups in total. The van der Waals surface area contributed by atoms with Gasteiger partial charge in [-0.05, 0) is 34.9 Å². The van der Waals surface area contributed by atoms with Gasteiger partial charge in [0.1, 0.15) is 0 Å². The molecular weight excluding hydrogens is 336 g/mol. The van der Waals surface area contributed by atoms with Crippen molar-refractivity contribution in [3.63, 3.8) is 0 Å². The highest BCUT2D eigenvalue weighted by molar-refractivity contribution is 9.10. The molecule has 3 aromatic rings. The number of carbonyl (C=O) groups excluding carboxylic acids is 1. The van der Waals surface area contributed by atoms with Gasteiger partial charge in [0, 0.05) is 16.0 Å². The van der Waals surface area contributed by atoms with Gasteiger partial charge in [-0.1, -0.05) is 77.5 Å². The number of benzene rings is 3. The van der Waals surface area contributed by atoms with E-state index in [0.29, 0.717) is 0 Å². The van der Waals surface area contributed by atoms with Crippen LogP contribution in [0.25, 0.3) is 10.8 Å². The summed E-state index contributed by atoms with van der Waals surface area (Å²) in [6.45, 7) is 3.79. The zero-order chi connectivity index (χ0) is 15.7. The minimum atomic E-state index is 0.115. The van der Waals surface area contributed by atoms with Crippen molar-refractivity contribution in [1.82, 2.24) is 0 Å². The van der Waals surface area contributed by atoms with E-state index in [9.17, 15) is 4.79 Å². The minimum absolute atomic E-state index is 0.115. The van der Waals surface area contributed by atoms with Crippen LogP contribution in [0.15, 0.2) is 65.1 Å². The molecule has 0 aliphatic carbocycles. The predicted octanol–water partition coefficient (Wildman–Crippen LogP) is 5.96. The van der Waals surface area contributed by atoms with Gasteiger partial charge in [0.25, 0.3) is 0 Å². The molecule has 3 aromatic carbocycles. The third-order valence-corrected chi connectivity index (χ3v) is 4.87. The van der Waals surface area contributed by atoms with E-state index in [2.05, 4.69) is 59.3 Å². The number of halogens is 1. The van der Waals surface area contributed by atoms with Gasteiger partial charge in [0.2, 0.25) is 0 Å². The Balaban J connectivity index is 2.20. The quantitative estimate of drug-likeness (QED) is 0.531. The Morgan fingerprint density at radius 1 is 0.864 bits per heavy atom. The summed E-state index contributed by atoms with van der Waals surface area (Å²) < 4.78 is 1.10. The smallest absolute Gasteiger partial charge is 0.160 e. The Labute approximate surface area is 139 Å². The van der Waals surface area contributed by atoms with E-state index in [1.165, 1.54) is 16.3 Å². The summed E-state index contributed by atoms with van der Waals surface area (Å²) in [5.74, 6) is 0.280. The van der Waals surface area contributed by atoms with Gasteiger partial charge in [-0.3, -0.25) is 4.79 Å². The topological polar surface area (TPSA) is 17.1 Å². The summed E-state index contributed by atoms with van der Waals surface area (Å²) in [5, 5.41) is 2.43. The number of hydrogen-bond acceptors (Lipinski definition) is 1. The molecule has 0 bridgehead atoms. The minimum Gasteiger partial charge on any atom is -0.295 e. The highest BCUT2D eigenvalue weighted by atomic mass is 79.9. The van der Waals surface area contributed by atoms with Crippen LogP contribution in [0.1, 0.15) is 41.3 Å². The summed E-state index contributed by atoms with van der Waals surface area (Å²) in [5.41, 5.74) is 3.14. The van der Waals surface area contributed by atoms with Crippen LogP contribution < -0.4 is 0 Å². The highest BCUT2D eigenvalue weighted by Crippen LogP contribution is 2.35. The van der Waals surface area contributed by atoms with Crippen molar-refractivity contribution >= 4 is 32.5 Å². The van der Waals surface area contributed by atoms with Crippen LogP contribution in [0.2, 0.25) is 0 Å². The molecule has 3 rings (SSSR count). The van der Waals surface area contributed by atoms with E-state index in [1.54, 1.807) is 6.92 Å². The Morgan fingerprint density at radius 2 is 1.50 bits per heavy atom. The Bertz CT molecular complexity index is 851. The number of Topliss-reactive ketones (excluding diaryl/α,β-unsaturated/α-hetero) is 1. The van der Waals surface area contributed by atoms with Crippen molar-refractivity contribution in [2.45, 2.75) is 19.8 Å². The molecule has 0 spiro atoms. The lowest BCUT2D eigenvalue weighted by Crippen LogP contribution is -2.05. The number of rotatable bonds is 3. The second-order valence-corrected chi connectivity index (χ2v) is 6.40. The van der Waals surface area contributed by atoms with E-state index in [-0.39, 0.29) is 11.7 Å². The fourth-order valence-electron chi connectivity index (χ4n) is 3.03. The summed E-state index contributed by atoms with van der Waals surface area (Å²) in [4.78, 5) is 11.9. The molecule has 2 heteroatoms. The average molecular weight is 353 g/mol. The predicted molar refractivity (Wildman–Crippen MR) is 95.6 cm³/mol. The highest BCUT2D eigenvalue weighted by Gasteiger charge is 2.17. The second-order valence-electron chi connectivity index (χ2n) is 5.55. The number of carbonyl (C=O) groups is 1. The van der Waals surface area contributed by atoms with Crippen LogP contribution in [0, 0.1) is 0 Å². The van der Waals surface area contributed by atoms with Gasteiger partial charge < -0.3 is 0 Å². The Morgan fingerprint density at radius 3 is 2.23 bits per heavy atom. The van der Waals surface area contributed by atoms with E-state index in [4.69, 9.17) is 0 Å². The van der Waals surface area contributed by atoms with E-state index >= 15 is 0 Å². The van der Waals surface area contributed by atoms with Crippen molar-refractivity contribution in [1.29, 1.82) is 0 Å². The van der Waals surface area contributed by atoms with E-state index < -0.39 is 0 Å². The van der Waals surface area contributed by atoms with Gasteiger partial charge >= 0.3 is 0 Å². The Hall–Kier alpha value is -1.93. The maximum absolute atomic E-state index is 11.9. The molecule has 0 aliphatic rings. The van der Waals surface area contributed by atoms with E-state index in [0.717, 1.165) is 15.6 Å². The van der Waals surface area contributed by atoms with Gasteiger partial charge in [-0.25, -0.2) is 0 Å². The van der Waals surface area contributed by atoms with Gasteiger partial charge in [-0.2, -0.15) is 0 Å². The molecule has 0 fully saturated rings. The molecule has 110 valence electrons. The Kier molecular flexibility index (Phi) is 4.12. The molecular formula is C20H17BrO. The first-order valence-electron chi connectivity index (χ1n) is 7.36. The lowest BCUT2D eigenvalue weighted by atomic mass is 9.86. The summed E-state index contributed by atoms with van der Waals surface area (Å²) in [6, 6.07) is 20.5. The SMILES string of the molecule is CC(=O)c1ccccc1C(C)c1ccc(Br)c2ccccc12. The van der Waals surface area contributed by atoms with Crippen molar-refractivity contribution in [2.75, 3.05) is 0 Å².